The lowest BCUT2D eigenvalue weighted by molar-refractivity contribution is 0.0938. The van der Waals surface area contributed by atoms with Crippen LogP contribution in [0.3, 0.4) is 0 Å². The molecule has 1 heterocycles. The summed E-state index contributed by atoms with van der Waals surface area (Å²) in [6.45, 7) is 5.52. The number of carbonyl (C=O) groups is 1. The van der Waals surface area contributed by atoms with Gasteiger partial charge in [0.1, 0.15) is 0 Å². The molecule has 104 valence electrons. The van der Waals surface area contributed by atoms with Crippen molar-refractivity contribution in [3.05, 3.63) is 52.8 Å². The van der Waals surface area contributed by atoms with Crippen molar-refractivity contribution in [2.24, 2.45) is 0 Å². The van der Waals surface area contributed by atoms with Crippen molar-refractivity contribution < 1.29 is 4.79 Å². The highest BCUT2D eigenvalue weighted by Gasteiger charge is 2.14. The summed E-state index contributed by atoms with van der Waals surface area (Å²) in [4.78, 5) is 12.3. The number of carbonyl (C=O) groups excluding carboxylic acids is 1. The van der Waals surface area contributed by atoms with Gasteiger partial charge in [0, 0.05) is 5.69 Å². The Labute approximate surface area is 118 Å². The Morgan fingerprint density at radius 2 is 1.85 bits per heavy atom. The third-order valence-corrected chi connectivity index (χ3v) is 3.13. The van der Waals surface area contributed by atoms with Gasteiger partial charge in [0.25, 0.3) is 5.91 Å². The number of aryl methyl sites for hydroxylation is 2. The number of aromatic nitrogens is 2. The van der Waals surface area contributed by atoms with Gasteiger partial charge in [-0.25, -0.2) is 0 Å². The SMILES string of the molecule is Cc1cc(C(=O)NC(C)c2ccc(N)cc2)c(C)nn1. The second-order valence-electron chi connectivity index (χ2n) is 4.85. The lowest BCUT2D eigenvalue weighted by atomic mass is 10.1. The first-order valence-corrected chi connectivity index (χ1v) is 6.44. The third-order valence-electron chi connectivity index (χ3n) is 3.13. The van der Waals surface area contributed by atoms with Crippen molar-refractivity contribution in [2.45, 2.75) is 26.8 Å². The Morgan fingerprint density at radius 3 is 2.50 bits per heavy atom. The molecule has 1 atom stereocenters. The molecule has 20 heavy (non-hydrogen) atoms. The topological polar surface area (TPSA) is 80.9 Å². The predicted octanol–water partition coefficient (Wildman–Crippen LogP) is 2.17. The van der Waals surface area contributed by atoms with Crippen molar-refractivity contribution in [2.75, 3.05) is 5.73 Å². The van der Waals surface area contributed by atoms with E-state index in [1.165, 1.54) is 0 Å². The van der Waals surface area contributed by atoms with Gasteiger partial charge < -0.3 is 11.1 Å². The van der Waals surface area contributed by atoms with Crippen molar-refractivity contribution in [1.82, 2.24) is 15.5 Å². The number of benzene rings is 1. The molecule has 1 unspecified atom stereocenters. The van der Waals surface area contributed by atoms with Crippen LogP contribution in [0, 0.1) is 13.8 Å². The lowest BCUT2D eigenvalue weighted by Gasteiger charge is -2.15. The number of nitrogens with zero attached hydrogens (tertiary/aromatic N) is 2. The number of anilines is 1. The highest BCUT2D eigenvalue weighted by atomic mass is 16.1. The minimum atomic E-state index is -0.148. The van der Waals surface area contributed by atoms with E-state index in [0.29, 0.717) is 16.9 Å². The molecule has 0 saturated heterocycles. The highest BCUT2D eigenvalue weighted by molar-refractivity contribution is 5.95. The number of nitrogens with one attached hydrogen (secondary N) is 1. The predicted molar refractivity (Wildman–Crippen MR) is 78.2 cm³/mol. The van der Waals surface area contributed by atoms with E-state index in [1.54, 1.807) is 13.0 Å². The van der Waals surface area contributed by atoms with Crippen molar-refractivity contribution in [3.63, 3.8) is 0 Å². The third kappa shape index (κ3) is 3.12. The van der Waals surface area contributed by atoms with Crippen molar-refractivity contribution in [3.8, 4) is 0 Å². The number of hydrogen-bond acceptors (Lipinski definition) is 4. The van der Waals surface area contributed by atoms with Crippen LogP contribution in [0.2, 0.25) is 0 Å². The largest absolute Gasteiger partial charge is 0.399 e. The average molecular weight is 270 g/mol. The van der Waals surface area contributed by atoms with Crippen LogP contribution in [0.1, 0.15) is 40.3 Å². The van der Waals surface area contributed by atoms with Gasteiger partial charge in [0.15, 0.2) is 0 Å². The molecule has 2 rings (SSSR count). The standard InChI is InChI=1S/C15H18N4O/c1-9-8-14(11(3)19-18-9)15(20)17-10(2)12-4-6-13(16)7-5-12/h4-8,10H,16H2,1-3H3,(H,17,20). The molecule has 1 aromatic heterocycles. The minimum absolute atomic E-state index is 0.101. The summed E-state index contributed by atoms with van der Waals surface area (Å²) in [7, 11) is 0. The van der Waals surface area contributed by atoms with Gasteiger partial charge in [0.2, 0.25) is 0 Å². The summed E-state index contributed by atoms with van der Waals surface area (Å²) in [5.74, 6) is -0.148. The van der Waals surface area contributed by atoms with Crippen LogP contribution in [-0.4, -0.2) is 16.1 Å². The number of amides is 1. The summed E-state index contributed by atoms with van der Waals surface area (Å²) in [6, 6.07) is 9.10. The Balaban J connectivity index is 2.15. The molecule has 5 heteroatoms. The first kappa shape index (κ1) is 14.0. The Kier molecular flexibility index (Phi) is 3.98. The fraction of sp³-hybridized carbons (Fsp3) is 0.267. The molecule has 0 bridgehead atoms. The molecule has 2 aromatic rings. The van der Waals surface area contributed by atoms with Crippen LogP contribution >= 0.6 is 0 Å². The second-order valence-corrected chi connectivity index (χ2v) is 4.85. The first-order chi connectivity index (χ1) is 9.47. The van der Waals surface area contributed by atoms with Gasteiger partial charge in [-0.1, -0.05) is 12.1 Å². The maximum absolute atomic E-state index is 12.3. The Morgan fingerprint density at radius 1 is 1.20 bits per heavy atom. The van der Waals surface area contributed by atoms with Crippen molar-refractivity contribution >= 4 is 11.6 Å². The van der Waals surface area contributed by atoms with E-state index in [2.05, 4.69) is 15.5 Å². The monoisotopic (exact) mass is 270 g/mol. The zero-order chi connectivity index (χ0) is 14.7. The number of rotatable bonds is 3. The molecule has 0 spiro atoms. The van der Waals surface area contributed by atoms with E-state index >= 15 is 0 Å². The van der Waals surface area contributed by atoms with E-state index in [0.717, 1.165) is 11.3 Å². The van der Waals surface area contributed by atoms with Gasteiger partial charge in [-0.2, -0.15) is 10.2 Å². The molecular formula is C15H18N4O. The molecule has 1 aromatic carbocycles. The molecule has 0 aliphatic carbocycles. The van der Waals surface area contributed by atoms with Gasteiger partial charge in [-0.15, -0.1) is 0 Å². The van der Waals surface area contributed by atoms with Gasteiger partial charge in [-0.05, 0) is 44.5 Å². The number of hydrogen-bond donors (Lipinski definition) is 2. The normalized spacial score (nSPS) is 11.9. The highest BCUT2D eigenvalue weighted by Crippen LogP contribution is 2.15. The maximum Gasteiger partial charge on any atom is 0.253 e. The number of nitrogens with two attached hydrogens (primary N) is 1. The van der Waals surface area contributed by atoms with Crippen LogP contribution in [0.15, 0.2) is 30.3 Å². The Hall–Kier alpha value is -2.43. The first-order valence-electron chi connectivity index (χ1n) is 6.44. The lowest BCUT2D eigenvalue weighted by Crippen LogP contribution is -2.27. The summed E-state index contributed by atoms with van der Waals surface area (Å²) < 4.78 is 0. The molecule has 0 radical (unpaired) electrons. The Bertz CT molecular complexity index is 622. The minimum Gasteiger partial charge on any atom is -0.399 e. The molecule has 0 aliphatic rings. The van der Waals surface area contributed by atoms with E-state index in [9.17, 15) is 4.79 Å². The molecule has 0 aliphatic heterocycles. The molecule has 5 nitrogen and oxygen atoms in total. The zero-order valence-corrected chi connectivity index (χ0v) is 11.8. The average Bonchev–Trinajstić information content (AvgIpc) is 2.42. The molecule has 3 N–H and O–H groups in total. The van der Waals surface area contributed by atoms with E-state index in [4.69, 9.17) is 5.73 Å². The molecule has 0 fully saturated rings. The summed E-state index contributed by atoms with van der Waals surface area (Å²) in [5, 5.41) is 10.8. The summed E-state index contributed by atoms with van der Waals surface area (Å²) >= 11 is 0. The van der Waals surface area contributed by atoms with Crippen LogP contribution in [0.5, 0.6) is 0 Å². The zero-order valence-electron chi connectivity index (χ0n) is 11.8. The maximum atomic E-state index is 12.3. The smallest absolute Gasteiger partial charge is 0.253 e. The fourth-order valence-electron chi connectivity index (χ4n) is 1.92. The van der Waals surface area contributed by atoms with E-state index in [1.807, 2.05) is 38.1 Å². The number of nitrogen functional groups attached to an aromatic ring is 1. The molecule has 0 saturated carbocycles. The van der Waals surface area contributed by atoms with Crippen LogP contribution in [0.4, 0.5) is 5.69 Å². The van der Waals surface area contributed by atoms with E-state index < -0.39 is 0 Å². The fourth-order valence-corrected chi connectivity index (χ4v) is 1.92. The van der Waals surface area contributed by atoms with Crippen LogP contribution in [-0.2, 0) is 0 Å². The quantitative estimate of drug-likeness (QED) is 0.837. The molecular weight excluding hydrogens is 252 g/mol. The molecule has 1 amide bonds. The van der Waals surface area contributed by atoms with Gasteiger partial charge in [-0.3, -0.25) is 4.79 Å². The van der Waals surface area contributed by atoms with Crippen LogP contribution in [0.25, 0.3) is 0 Å². The van der Waals surface area contributed by atoms with Gasteiger partial charge >= 0.3 is 0 Å². The van der Waals surface area contributed by atoms with Gasteiger partial charge in [0.05, 0.1) is 23.0 Å². The van der Waals surface area contributed by atoms with E-state index in [-0.39, 0.29) is 11.9 Å². The van der Waals surface area contributed by atoms with Crippen molar-refractivity contribution in [1.29, 1.82) is 0 Å². The second kappa shape index (κ2) is 5.69. The van der Waals surface area contributed by atoms with Crippen LogP contribution < -0.4 is 11.1 Å². The summed E-state index contributed by atoms with van der Waals surface area (Å²) in [6.07, 6.45) is 0. The summed E-state index contributed by atoms with van der Waals surface area (Å²) in [5.41, 5.74) is 9.26.